The van der Waals surface area contributed by atoms with E-state index in [9.17, 15) is 9.59 Å². The van der Waals surface area contributed by atoms with Gasteiger partial charge in [-0.3, -0.25) is 19.7 Å². The van der Waals surface area contributed by atoms with Crippen molar-refractivity contribution in [3.05, 3.63) is 64.9 Å². The van der Waals surface area contributed by atoms with Crippen LogP contribution in [0.1, 0.15) is 23.3 Å². The zero-order valence-electron chi connectivity index (χ0n) is 15.6. The van der Waals surface area contributed by atoms with Crippen molar-refractivity contribution in [3.8, 4) is 11.4 Å². The van der Waals surface area contributed by atoms with Gasteiger partial charge in [0.05, 0.1) is 5.69 Å². The molecule has 148 valence electrons. The Labute approximate surface area is 176 Å². The van der Waals surface area contributed by atoms with Gasteiger partial charge in [0.1, 0.15) is 11.4 Å². The van der Waals surface area contributed by atoms with Crippen molar-refractivity contribution in [3.63, 3.8) is 0 Å². The molecule has 1 saturated heterocycles. The highest BCUT2D eigenvalue weighted by Crippen LogP contribution is 2.23. The lowest BCUT2D eigenvalue weighted by Gasteiger charge is -2.31. The fourth-order valence-electron chi connectivity index (χ4n) is 3.40. The van der Waals surface area contributed by atoms with E-state index in [-0.39, 0.29) is 17.7 Å². The molecule has 0 spiro atoms. The molecule has 0 unspecified atom stereocenters. The zero-order valence-corrected chi connectivity index (χ0v) is 17.2. The quantitative estimate of drug-likeness (QED) is 0.629. The number of hydrogen-bond donors (Lipinski definition) is 2. The molecule has 2 aromatic heterocycles. The predicted molar refractivity (Wildman–Crippen MR) is 113 cm³/mol. The van der Waals surface area contributed by atoms with E-state index in [1.165, 1.54) is 0 Å². The summed E-state index contributed by atoms with van der Waals surface area (Å²) in [6, 6.07) is 14.8. The summed E-state index contributed by atoms with van der Waals surface area (Å²) in [4.78, 5) is 31.3. The summed E-state index contributed by atoms with van der Waals surface area (Å²) in [7, 11) is 0. The third-order valence-electron chi connectivity index (χ3n) is 4.98. The van der Waals surface area contributed by atoms with Crippen molar-refractivity contribution in [2.45, 2.75) is 12.8 Å². The van der Waals surface area contributed by atoms with Gasteiger partial charge in [-0.1, -0.05) is 28.1 Å². The number of aromatic amines is 1. The predicted octanol–water partition coefficient (Wildman–Crippen LogP) is 3.73. The first-order valence-corrected chi connectivity index (χ1v) is 10.2. The van der Waals surface area contributed by atoms with Crippen LogP contribution in [0, 0.1) is 5.92 Å². The van der Waals surface area contributed by atoms with Crippen molar-refractivity contribution in [1.29, 1.82) is 0 Å². The smallest absolute Gasteiger partial charge is 0.271 e. The van der Waals surface area contributed by atoms with Crippen LogP contribution in [0.5, 0.6) is 0 Å². The maximum atomic E-state index is 12.8. The van der Waals surface area contributed by atoms with E-state index in [1.807, 2.05) is 42.5 Å². The summed E-state index contributed by atoms with van der Waals surface area (Å²) in [6.07, 6.45) is 2.95. The second-order valence-electron chi connectivity index (χ2n) is 6.95. The Morgan fingerprint density at radius 1 is 1.07 bits per heavy atom. The van der Waals surface area contributed by atoms with Crippen LogP contribution in [0.25, 0.3) is 11.4 Å². The molecule has 1 fully saturated rings. The monoisotopic (exact) mass is 453 g/mol. The highest BCUT2D eigenvalue weighted by molar-refractivity contribution is 9.10. The Balaban J connectivity index is 1.34. The molecule has 7 nitrogen and oxygen atoms in total. The molecule has 1 aliphatic rings. The van der Waals surface area contributed by atoms with E-state index in [4.69, 9.17) is 0 Å². The molecule has 3 aromatic rings. The summed E-state index contributed by atoms with van der Waals surface area (Å²) < 4.78 is 0.917. The number of rotatable bonds is 4. The molecule has 3 heterocycles. The first kappa shape index (κ1) is 19.3. The molecule has 2 amide bonds. The van der Waals surface area contributed by atoms with E-state index in [0.29, 0.717) is 43.0 Å². The average molecular weight is 454 g/mol. The van der Waals surface area contributed by atoms with Gasteiger partial charge in [-0.05, 0) is 49.2 Å². The Hall–Kier alpha value is -3.00. The molecule has 1 aromatic carbocycles. The van der Waals surface area contributed by atoms with Crippen molar-refractivity contribution >= 4 is 33.4 Å². The van der Waals surface area contributed by atoms with Crippen LogP contribution >= 0.6 is 15.9 Å². The lowest BCUT2D eigenvalue weighted by molar-refractivity contribution is -0.121. The number of nitrogens with one attached hydrogen (secondary N) is 2. The minimum atomic E-state index is -0.108. The molecule has 0 bridgehead atoms. The largest absolute Gasteiger partial charge is 0.337 e. The molecule has 8 heteroatoms. The van der Waals surface area contributed by atoms with Crippen molar-refractivity contribution < 1.29 is 9.59 Å². The summed E-state index contributed by atoms with van der Waals surface area (Å²) in [5.41, 5.74) is 2.55. The van der Waals surface area contributed by atoms with Gasteiger partial charge in [0.15, 0.2) is 0 Å². The first-order chi connectivity index (χ1) is 14.1. The third kappa shape index (κ3) is 4.54. The SMILES string of the molecule is O=C(Nc1cccc(Br)c1)C1CCN(C(=O)c2cc(-c3ccccn3)n[nH]2)CC1. The average Bonchev–Trinajstić information content (AvgIpc) is 3.24. The normalized spacial score (nSPS) is 14.6. The molecule has 4 rings (SSSR count). The number of amides is 2. The van der Waals surface area contributed by atoms with Crippen molar-refractivity contribution in [2.24, 2.45) is 5.92 Å². The second-order valence-corrected chi connectivity index (χ2v) is 7.86. The maximum Gasteiger partial charge on any atom is 0.271 e. The number of pyridine rings is 1. The second kappa shape index (κ2) is 8.57. The minimum Gasteiger partial charge on any atom is -0.337 e. The molecule has 0 atom stereocenters. The number of anilines is 1. The van der Waals surface area contributed by atoms with Gasteiger partial charge >= 0.3 is 0 Å². The summed E-state index contributed by atoms with van der Waals surface area (Å²) >= 11 is 3.40. The van der Waals surface area contributed by atoms with Crippen LogP contribution in [0.15, 0.2) is 59.2 Å². The van der Waals surface area contributed by atoms with Crippen LogP contribution in [-0.4, -0.2) is 45.0 Å². The standard InChI is InChI=1S/C21H20BrN5O2/c22-15-4-3-5-16(12-15)24-20(28)14-7-10-27(11-8-14)21(29)19-13-18(25-26-19)17-6-1-2-9-23-17/h1-6,9,12-14H,7-8,10-11H2,(H,24,28)(H,25,26). The number of halogens is 1. The topological polar surface area (TPSA) is 91.0 Å². The van der Waals surface area contributed by atoms with E-state index in [0.717, 1.165) is 10.2 Å². The van der Waals surface area contributed by atoms with Crippen LogP contribution in [-0.2, 0) is 4.79 Å². The summed E-state index contributed by atoms with van der Waals surface area (Å²) in [5.74, 6) is -0.219. The number of piperidine rings is 1. The number of nitrogens with zero attached hydrogens (tertiary/aromatic N) is 3. The van der Waals surface area contributed by atoms with E-state index in [2.05, 4.69) is 36.4 Å². The molecular weight excluding hydrogens is 434 g/mol. The minimum absolute atomic E-state index is 0.00539. The third-order valence-corrected chi connectivity index (χ3v) is 5.47. The number of H-pyrrole nitrogens is 1. The van der Waals surface area contributed by atoms with Gasteiger partial charge < -0.3 is 10.2 Å². The highest BCUT2D eigenvalue weighted by Gasteiger charge is 2.28. The van der Waals surface area contributed by atoms with Gasteiger partial charge in [0.2, 0.25) is 5.91 Å². The van der Waals surface area contributed by atoms with Crippen LogP contribution in [0.4, 0.5) is 5.69 Å². The van der Waals surface area contributed by atoms with Gasteiger partial charge in [0, 0.05) is 35.4 Å². The zero-order chi connectivity index (χ0) is 20.2. The van der Waals surface area contributed by atoms with Gasteiger partial charge in [0.25, 0.3) is 5.91 Å². The number of benzene rings is 1. The number of carbonyl (C=O) groups is 2. The Morgan fingerprint density at radius 2 is 1.90 bits per heavy atom. The van der Waals surface area contributed by atoms with E-state index in [1.54, 1.807) is 17.2 Å². The Morgan fingerprint density at radius 3 is 2.62 bits per heavy atom. The molecule has 29 heavy (non-hydrogen) atoms. The number of aromatic nitrogens is 3. The Kier molecular flexibility index (Phi) is 5.71. The maximum absolute atomic E-state index is 12.8. The van der Waals surface area contributed by atoms with Gasteiger partial charge in [-0.25, -0.2) is 0 Å². The molecule has 0 radical (unpaired) electrons. The molecule has 2 N–H and O–H groups in total. The molecule has 0 aliphatic carbocycles. The molecular formula is C21H20BrN5O2. The van der Waals surface area contributed by atoms with Crippen LogP contribution in [0.3, 0.4) is 0 Å². The lowest BCUT2D eigenvalue weighted by Crippen LogP contribution is -2.41. The first-order valence-electron chi connectivity index (χ1n) is 9.42. The van der Waals surface area contributed by atoms with Crippen molar-refractivity contribution in [1.82, 2.24) is 20.1 Å². The molecule has 1 aliphatic heterocycles. The van der Waals surface area contributed by atoms with Crippen LogP contribution < -0.4 is 5.32 Å². The van der Waals surface area contributed by atoms with E-state index >= 15 is 0 Å². The van der Waals surface area contributed by atoms with E-state index < -0.39 is 0 Å². The fraction of sp³-hybridized carbons (Fsp3) is 0.238. The Bertz CT molecular complexity index is 1010. The summed E-state index contributed by atoms with van der Waals surface area (Å²) in [5, 5.41) is 9.96. The van der Waals surface area contributed by atoms with Gasteiger partial charge in [-0.2, -0.15) is 5.10 Å². The number of hydrogen-bond acceptors (Lipinski definition) is 4. The number of carbonyl (C=O) groups excluding carboxylic acids is 2. The highest BCUT2D eigenvalue weighted by atomic mass is 79.9. The van der Waals surface area contributed by atoms with Gasteiger partial charge in [-0.15, -0.1) is 0 Å². The fourth-order valence-corrected chi connectivity index (χ4v) is 3.80. The summed E-state index contributed by atoms with van der Waals surface area (Å²) in [6.45, 7) is 1.07. The van der Waals surface area contributed by atoms with Crippen LogP contribution in [0.2, 0.25) is 0 Å². The molecule has 0 saturated carbocycles. The lowest BCUT2D eigenvalue weighted by atomic mass is 9.95. The van der Waals surface area contributed by atoms with Crippen molar-refractivity contribution in [2.75, 3.05) is 18.4 Å². The number of likely N-dealkylation sites (tertiary alicyclic amines) is 1.